The number of thiazole rings is 1. The van der Waals surface area contributed by atoms with E-state index in [0.29, 0.717) is 17.7 Å². The largest absolute Gasteiger partial charge is 0.444 e. The van der Waals surface area contributed by atoms with Crippen LogP contribution in [0.1, 0.15) is 37.8 Å². The Labute approximate surface area is 159 Å². The molecule has 9 heteroatoms. The van der Waals surface area contributed by atoms with E-state index in [4.69, 9.17) is 4.74 Å². The number of sulfone groups is 1. The Bertz CT molecular complexity index is 763. The molecule has 2 rings (SSSR count). The molecule has 1 aliphatic carbocycles. The Balaban J connectivity index is 1.83. The predicted octanol–water partition coefficient (Wildman–Crippen LogP) is 2.54. The van der Waals surface area contributed by atoms with Crippen LogP contribution in [0.3, 0.4) is 0 Å². The van der Waals surface area contributed by atoms with Crippen LogP contribution in [0.4, 0.5) is 9.93 Å². The van der Waals surface area contributed by atoms with Gasteiger partial charge in [0.15, 0.2) is 15.0 Å². The molecule has 1 heterocycles. The quantitative estimate of drug-likeness (QED) is 0.711. The van der Waals surface area contributed by atoms with Crippen molar-refractivity contribution >= 4 is 32.4 Å². The average Bonchev–Trinajstić information content (AvgIpc) is 2.84. The number of carbonyl (C=O) groups is 1. The molecule has 0 fully saturated rings. The first-order valence-electron chi connectivity index (χ1n) is 8.56. The van der Waals surface area contributed by atoms with Gasteiger partial charge in [-0.15, -0.1) is 11.3 Å². The summed E-state index contributed by atoms with van der Waals surface area (Å²) in [6.07, 6.45) is 6.91. The van der Waals surface area contributed by atoms with Crippen LogP contribution in [0, 0.1) is 0 Å². The average molecular weight is 402 g/mol. The smallest absolute Gasteiger partial charge is 0.413 e. The summed E-state index contributed by atoms with van der Waals surface area (Å²) < 4.78 is 27.4. The molecule has 0 spiro atoms. The minimum Gasteiger partial charge on any atom is -0.444 e. The topological polar surface area (TPSA) is 97.4 Å². The minimum atomic E-state index is -2.95. The number of hydrogen-bond acceptors (Lipinski definition) is 7. The number of amides is 1. The second-order valence-electron chi connectivity index (χ2n) is 7.43. The molecule has 1 atom stereocenters. The van der Waals surface area contributed by atoms with Gasteiger partial charge in [-0.1, -0.05) is 12.2 Å². The van der Waals surface area contributed by atoms with Crippen LogP contribution in [0.2, 0.25) is 0 Å². The Hall–Kier alpha value is -1.45. The molecular formula is C17H27N3O4S2. The number of anilines is 1. The lowest BCUT2D eigenvalue weighted by atomic mass is 9.98. The van der Waals surface area contributed by atoms with E-state index >= 15 is 0 Å². The SMILES string of the molecule is CC(C)(C)OC(=O)Nc1nc2c(s1)CC(NCC=CCS(C)(=O)=O)CC2. The number of ether oxygens (including phenoxy) is 1. The van der Waals surface area contributed by atoms with Crippen molar-refractivity contribution in [1.82, 2.24) is 10.3 Å². The zero-order valence-corrected chi connectivity index (χ0v) is 17.3. The van der Waals surface area contributed by atoms with Gasteiger partial charge in [-0.25, -0.2) is 18.2 Å². The van der Waals surface area contributed by atoms with Gasteiger partial charge in [0.2, 0.25) is 0 Å². The van der Waals surface area contributed by atoms with Gasteiger partial charge >= 0.3 is 6.09 Å². The van der Waals surface area contributed by atoms with E-state index < -0.39 is 21.5 Å². The van der Waals surface area contributed by atoms with Gasteiger partial charge in [0, 0.05) is 23.7 Å². The summed E-state index contributed by atoms with van der Waals surface area (Å²) in [5, 5.41) is 6.68. The van der Waals surface area contributed by atoms with E-state index in [0.717, 1.165) is 25.0 Å². The third-order valence-corrected chi connectivity index (χ3v) is 5.47. The minimum absolute atomic E-state index is 0.0675. The van der Waals surface area contributed by atoms with Gasteiger partial charge in [0.1, 0.15) is 5.60 Å². The van der Waals surface area contributed by atoms with E-state index in [1.54, 1.807) is 6.08 Å². The fraction of sp³-hybridized carbons (Fsp3) is 0.647. The lowest BCUT2D eigenvalue weighted by molar-refractivity contribution is 0.0636. The highest BCUT2D eigenvalue weighted by atomic mass is 32.2. The zero-order valence-electron chi connectivity index (χ0n) is 15.7. The van der Waals surface area contributed by atoms with Crippen molar-refractivity contribution in [2.24, 2.45) is 0 Å². The zero-order chi connectivity index (χ0) is 19.4. The van der Waals surface area contributed by atoms with Crippen molar-refractivity contribution in [3.8, 4) is 0 Å². The molecule has 1 aromatic heterocycles. The number of aryl methyl sites for hydroxylation is 1. The first kappa shape index (κ1) is 20.9. The van der Waals surface area contributed by atoms with Gasteiger partial charge < -0.3 is 10.1 Å². The molecule has 1 aromatic rings. The van der Waals surface area contributed by atoms with Gasteiger partial charge in [0.05, 0.1) is 11.4 Å². The number of aromatic nitrogens is 1. The van der Waals surface area contributed by atoms with Crippen LogP contribution in [-0.4, -0.2) is 49.7 Å². The maximum Gasteiger partial charge on any atom is 0.413 e. The van der Waals surface area contributed by atoms with Crippen molar-refractivity contribution in [2.75, 3.05) is 23.9 Å². The maximum absolute atomic E-state index is 11.8. The van der Waals surface area contributed by atoms with E-state index in [1.807, 2.05) is 26.8 Å². The van der Waals surface area contributed by atoms with Gasteiger partial charge in [0.25, 0.3) is 0 Å². The van der Waals surface area contributed by atoms with E-state index in [9.17, 15) is 13.2 Å². The molecule has 26 heavy (non-hydrogen) atoms. The number of nitrogens with zero attached hydrogens (tertiary/aromatic N) is 1. The van der Waals surface area contributed by atoms with E-state index in [-0.39, 0.29) is 5.75 Å². The highest BCUT2D eigenvalue weighted by Crippen LogP contribution is 2.30. The lowest BCUT2D eigenvalue weighted by Gasteiger charge is -2.21. The number of nitrogens with one attached hydrogen (secondary N) is 2. The second-order valence-corrected chi connectivity index (χ2v) is 10.7. The molecule has 1 aliphatic rings. The van der Waals surface area contributed by atoms with Crippen molar-refractivity contribution in [1.29, 1.82) is 0 Å². The van der Waals surface area contributed by atoms with E-state index in [1.165, 1.54) is 22.5 Å². The first-order valence-corrected chi connectivity index (χ1v) is 11.4. The summed E-state index contributed by atoms with van der Waals surface area (Å²) in [6, 6.07) is 0.320. The van der Waals surface area contributed by atoms with E-state index in [2.05, 4.69) is 15.6 Å². The molecule has 7 nitrogen and oxygen atoms in total. The maximum atomic E-state index is 11.8. The summed E-state index contributed by atoms with van der Waals surface area (Å²) in [4.78, 5) is 17.5. The molecule has 0 saturated carbocycles. The summed E-state index contributed by atoms with van der Waals surface area (Å²) in [5.74, 6) is 0.0675. The van der Waals surface area contributed by atoms with Crippen LogP contribution in [0.15, 0.2) is 12.2 Å². The third-order valence-electron chi connectivity index (χ3n) is 3.64. The third kappa shape index (κ3) is 7.43. The van der Waals surface area contributed by atoms with Crippen LogP contribution in [0.5, 0.6) is 0 Å². The predicted molar refractivity (Wildman–Crippen MR) is 105 cm³/mol. The molecular weight excluding hydrogens is 374 g/mol. The van der Waals surface area contributed by atoms with Gasteiger partial charge in [-0.2, -0.15) is 0 Å². The van der Waals surface area contributed by atoms with Gasteiger partial charge in [-0.05, 0) is 40.0 Å². The summed E-state index contributed by atoms with van der Waals surface area (Å²) in [6.45, 7) is 6.09. The van der Waals surface area contributed by atoms with Gasteiger partial charge in [-0.3, -0.25) is 5.32 Å². The van der Waals surface area contributed by atoms with Crippen molar-refractivity contribution in [3.05, 3.63) is 22.7 Å². The Kier molecular flexibility index (Phi) is 6.81. The molecule has 0 radical (unpaired) electrons. The summed E-state index contributed by atoms with van der Waals surface area (Å²) in [7, 11) is -2.95. The Morgan fingerprint density at radius 3 is 2.77 bits per heavy atom. The normalized spacial score (nSPS) is 17.9. The number of hydrogen-bond donors (Lipinski definition) is 2. The number of carbonyl (C=O) groups excluding carboxylic acids is 1. The Morgan fingerprint density at radius 2 is 2.12 bits per heavy atom. The lowest BCUT2D eigenvalue weighted by Crippen LogP contribution is -2.34. The van der Waals surface area contributed by atoms with Crippen molar-refractivity contribution in [2.45, 2.75) is 51.7 Å². The molecule has 146 valence electrons. The monoisotopic (exact) mass is 401 g/mol. The van der Waals surface area contributed by atoms with Crippen LogP contribution >= 0.6 is 11.3 Å². The molecule has 1 unspecified atom stereocenters. The van der Waals surface area contributed by atoms with Crippen LogP contribution in [0.25, 0.3) is 0 Å². The highest BCUT2D eigenvalue weighted by molar-refractivity contribution is 7.90. The highest BCUT2D eigenvalue weighted by Gasteiger charge is 2.23. The molecule has 0 bridgehead atoms. The molecule has 2 N–H and O–H groups in total. The van der Waals surface area contributed by atoms with Crippen molar-refractivity contribution < 1.29 is 17.9 Å². The Morgan fingerprint density at radius 1 is 1.38 bits per heavy atom. The second kappa shape index (κ2) is 8.49. The fourth-order valence-electron chi connectivity index (χ4n) is 2.55. The first-order chi connectivity index (χ1) is 12.0. The number of rotatable bonds is 6. The van der Waals surface area contributed by atoms with Crippen LogP contribution < -0.4 is 10.6 Å². The summed E-state index contributed by atoms with van der Waals surface area (Å²) in [5.41, 5.74) is 0.493. The summed E-state index contributed by atoms with van der Waals surface area (Å²) >= 11 is 1.48. The van der Waals surface area contributed by atoms with Crippen LogP contribution in [-0.2, 0) is 27.4 Å². The molecule has 0 aromatic carbocycles. The van der Waals surface area contributed by atoms with Crippen molar-refractivity contribution in [3.63, 3.8) is 0 Å². The fourth-order valence-corrected chi connectivity index (χ4v) is 4.11. The molecule has 0 saturated heterocycles. The standard InChI is InChI=1S/C17H27N3O4S2/c1-17(2,3)24-16(21)20-15-19-13-8-7-12(11-14(13)25-15)18-9-5-6-10-26(4,22)23/h5-6,12,18H,7-11H2,1-4H3,(H,19,20,21). The molecule has 1 amide bonds. The number of fused-ring (bicyclic) bond motifs is 1. The molecule has 0 aliphatic heterocycles.